The highest BCUT2D eigenvalue weighted by Gasteiger charge is 2.23. The summed E-state index contributed by atoms with van der Waals surface area (Å²) in [7, 11) is 1.71. The highest BCUT2D eigenvalue weighted by atomic mass is 79.9. The van der Waals surface area contributed by atoms with Crippen molar-refractivity contribution in [1.29, 1.82) is 0 Å². The molecule has 0 unspecified atom stereocenters. The molecule has 0 saturated heterocycles. The van der Waals surface area contributed by atoms with E-state index < -0.39 is 0 Å². The number of fused-ring (bicyclic) bond motifs is 1. The van der Waals surface area contributed by atoms with Gasteiger partial charge >= 0.3 is 0 Å². The second kappa shape index (κ2) is 6.92. The second-order valence-corrected chi connectivity index (χ2v) is 6.98. The van der Waals surface area contributed by atoms with Crippen LogP contribution in [0.1, 0.15) is 18.4 Å². The normalized spacial score (nSPS) is 13.7. The van der Waals surface area contributed by atoms with E-state index in [1.165, 1.54) is 5.56 Å². The molecule has 2 heterocycles. The highest BCUT2D eigenvalue weighted by molar-refractivity contribution is 9.10. The van der Waals surface area contributed by atoms with Gasteiger partial charge in [0, 0.05) is 22.1 Å². The van der Waals surface area contributed by atoms with E-state index in [0.29, 0.717) is 0 Å². The summed E-state index contributed by atoms with van der Waals surface area (Å²) in [6.45, 7) is 0.967. The molecule has 1 aliphatic rings. The van der Waals surface area contributed by atoms with E-state index in [0.717, 1.165) is 58.8 Å². The maximum absolute atomic E-state index is 5.58. The molecule has 4 nitrogen and oxygen atoms in total. The van der Waals surface area contributed by atoms with Crippen LogP contribution >= 0.6 is 15.9 Å². The molecule has 0 spiro atoms. The Bertz CT molecular complexity index is 904. The molecule has 0 radical (unpaired) electrons. The number of nitrogens with one attached hydrogen (secondary N) is 1. The van der Waals surface area contributed by atoms with Gasteiger partial charge in [0.2, 0.25) is 0 Å². The van der Waals surface area contributed by atoms with E-state index in [-0.39, 0.29) is 0 Å². The zero-order valence-electron chi connectivity index (χ0n) is 14.1. The summed E-state index contributed by atoms with van der Waals surface area (Å²) in [6.07, 6.45) is 3.33. The number of halogens is 1. The molecular weight excluding hydrogens is 378 g/mol. The number of benzene rings is 2. The first-order valence-corrected chi connectivity index (χ1v) is 9.33. The van der Waals surface area contributed by atoms with Crippen LogP contribution in [0.2, 0.25) is 0 Å². The van der Waals surface area contributed by atoms with Crippen LogP contribution in [0.5, 0.6) is 5.75 Å². The monoisotopic (exact) mass is 397 g/mol. The van der Waals surface area contributed by atoms with Crippen molar-refractivity contribution in [2.24, 2.45) is 0 Å². The van der Waals surface area contributed by atoms with Crippen LogP contribution in [0, 0.1) is 0 Å². The van der Waals surface area contributed by atoms with Crippen molar-refractivity contribution in [3.63, 3.8) is 0 Å². The van der Waals surface area contributed by atoms with Crippen molar-refractivity contribution < 1.29 is 4.74 Å². The van der Waals surface area contributed by atoms with Crippen LogP contribution in [0.4, 0.5) is 5.82 Å². The molecule has 4 rings (SSSR count). The molecule has 0 atom stereocenters. The smallest absolute Gasteiger partial charge is 0.133 e. The summed E-state index contributed by atoms with van der Waals surface area (Å²) in [6, 6.07) is 16.3. The molecule has 2 aromatic carbocycles. The minimum absolute atomic E-state index is 0.853. The number of hydrogen-bond donors (Lipinski definition) is 1. The third kappa shape index (κ3) is 2.93. The summed E-state index contributed by atoms with van der Waals surface area (Å²) in [5.74, 6) is 1.94. The van der Waals surface area contributed by atoms with Gasteiger partial charge in [-0.05, 0) is 59.5 Å². The third-order valence-corrected chi connectivity index (χ3v) is 5.24. The lowest BCUT2D eigenvalue weighted by molar-refractivity contribution is 0.416. The predicted octanol–water partition coefficient (Wildman–Crippen LogP) is 5.06. The maximum atomic E-state index is 5.58. The molecule has 128 valence electrons. The first kappa shape index (κ1) is 16.2. The number of anilines is 1. The number of aromatic nitrogens is 2. The molecule has 3 aromatic rings. The Balaban J connectivity index is 1.96. The van der Waals surface area contributed by atoms with Crippen molar-refractivity contribution >= 4 is 21.7 Å². The van der Waals surface area contributed by atoms with E-state index in [9.17, 15) is 0 Å². The first-order valence-electron chi connectivity index (χ1n) is 8.53. The van der Waals surface area contributed by atoms with Gasteiger partial charge in [-0.1, -0.05) is 24.3 Å². The Kier molecular flexibility index (Phi) is 4.49. The Labute approximate surface area is 156 Å². The SMILES string of the molecule is COc1ccccc1-c1nn(-c2ccccc2Br)c2c1CCCCN2. The van der Waals surface area contributed by atoms with Crippen molar-refractivity contribution in [2.75, 3.05) is 19.0 Å². The molecule has 0 saturated carbocycles. The van der Waals surface area contributed by atoms with Gasteiger partial charge in [-0.2, -0.15) is 5.10 Å². The van der Waals surface area contributed by atoms with Gasteiger partial charge in [0.25, 0.3) is 0 Å². The Morgan fingerprint density at radius 3 is 2.72 bits per heavy atom. The summed E-state index contributed by atoms with van der Waals surface area (Å²) >= 11 is 3.66. The van der Waals surface area contributed by atoms with Crippen LogP contribution in [-0.4, -0.2) is 23.4 Å². The van der Waals surface area contributed by atoms with Gasteiger partial charge < -0.3 is 10.1 Å². The minimum Gasteiger partial charge on any atom is -0.496 e. The number of ether oxygens (including phenoxy) is 1. The maximum Gasteiger partial charge on any atom is 0.133 e. The molecule has 0 fully saturated rings. The fourth-order valence-electron chi connectivity index (χ4n) is 3.36. The van der Waals surface area contributed by atoms with Crippen molar-refractivity contribution in [1.82, 2.24) is 9.78 Å². The largest absolute Gasteiger partial charge is 0.496 e. The van der Waals surface area contributed by atoms with Crippen molar-refractivity contribution in [3.05, 3.63) is 58.6 Å². The van der Waals surface area contributed by atoms with E-state index in [1.807, 2.05) is 41.1 Å². The highest BCUT2D eigenvalue weighted by Crippen LogP contribution is 2.38. The van der Waals surface area contributed by atoms with Gasteiger partial charge in [0.05, 0.1) is 12.8 Å². The van der Waals surface area contributed by atoms with Crippen LogP contribution in [0.3, 0.4) is 0 Å². The van der Waals surface area contributed by atoms with Crippen molar-refractivity contribution in [3.8, 4) is 22.7 Å². The summed E-state index contributed by atoms with van der Waals surface area (Å²) in [4.78, 5) is 0. The fourth-order valence-corrected chi connectivity index (χ4v) is 3.81. The molecule has 0 amide bonds. The van der Waals surface area contributed by atoms with Crippen LogP contribution in [0.25, 0.3) is 16.9 Å². The zero-order chi connectivity index (χ0) is 17.2. The minimum atomic E-state index is 0.853. The van der Waals surface area contributed by atoms with E-state index in [1.54, 1.807) is 7.11 Å². The zero-order valence-corrected chi connectivity index (χ0v) is 15.7. The van der Waals surface area contributed by atoms with Gasteiger partial charge in [-0.25, -0.2) is 4.68 Å². The van der Waals surface area contributed by atoms with E-state index in [2.05, 4.69) is 33.4 Å². The molecule has 25 heavy (non-hydrogen) atoms. The lowest BCUT2D eigenvalue weighted by Gasteiger charge is -2.10. The van der Waals surface area contributed by atoms with E-state index >= 15 is 0 Å². The Morgan fingerprint density at radius 1 is 1.08 bits per heavy atom. The summed E-state index contributed by atoms with van der Waals surface area (Å²) < 4.78 is 8.63. The summed E-state index contributed by atoms with van der Waals surface area (Å²) in [5.41, 5.74) is 4.33. The Hall–Kier alpha value is -2.27. The fraction of sp³-hybridized carbons (Fsp3) is 0.250. The van der Waals surface area contributed by atoms with Gasteiger partial charge in [-0.3, -0.25) is 0 Å². The number of para-hydroxylation sites is 2. The number of nitrogens with zero attached hydrogens (tertiary/aromatic N) is 2. The van der Waals surface area contributed by atoms with Crippen LogP contribution < -0.4 is 10.1 Å². The first-order chi connectivity index (χ1) is 12.3. The number of methoxy groups -OCH3 is 1. The lowest BCUT2D eigenvalue weighted by atomic mass is 10.0. The number of rotatable bonds is 3. The average molecular weight is 398 g/mol. The van der Waals surface area contributed by atoms with Crippen LogP contribution in [-0.2, 0) is 6.42 Å². The van der Waals surface area contributed by atoms with Gasteiger partial charge in [-0.15, -0.1) is 0 Å². The summed E-state index contributed by atoms with van der Waals surface area (Å²) in [5, 5.41) is 8.57. The van der Waals surface area contributed by atoms with Crippen molar-refractivity contribution in [2.45, 2.75) is 19.3 Å². The van der Waals surface area contributed by atoms with Crippen LogP contribution in [0.15, 0.2) is 53.0 Å². The third-order valence-electron chi connectivity index (χ3n) is 4.57. The molecule has 0 aliphatic carbocycles. The lowest BCUT2D eigenvalue weighted by Crippen LogP contribution is -2.07. The Morgan fingerprint density at radius 2 is 1.88 bits per heavy atom. The number of hydrogen-bond acceptors (Lipinski definition) is 3. The average Bonchev–Trinajstić information content (AvgIpc) is 2.83. The molecule has 1 aromatic heterocycles. The van der Waals surface area contributed by atoms with Gasteiger partial charge in [0.15, 0.2) is 0 Å². The van der Waals surface area contributed by atoms with E-state index in [4.69, 9.17) is 9.84 Å². The molecular formula is C20H20BrN3O. The van der Waals surface area contributed by atoms with Gasteiger partial charge in [0.1, 0.15) is 17.3 Å². The molecule has 0 bridgehead atoms. The molecule has 1 aliphatic heterocycles. The molecule has 1 N–H and O–H groups in total. The topological polar surface area (TPSA) is 39.1 Å². The standard InChI is InChI=1S/C20H20BrN3O/c1-25-18-12-5-2-8-14(18)19-15-9-6-7-13-22-20(15)24(23-19)17-11-4-3-10-16(17)21/h2-5,8,10-12,22H,6-7,9,13H2,1H3. The quantitative estimate of drug-likeness (QED) is 0.671. The predicted molar refractivity (Wildman–Crippen MR) is 105 cm³/mol. The molecule has 5 heteroatoms. The second-order valence-electron chi connectivity index (χ2n) is 6.12.